The van der Waals surface area contributed by atoms with E-state index in [0.717, 1.165) is 32.2 Å². The highest BCUT2D eigenvalue weighted by molar-refractivity contribution is 5.68. The first-order valence-corrected chi connectivity index (χ1v) is 8.61. The lowest BCUT2D eigenvalue weighted by Gasteiger charge is -2.30. The van der Waals surface area contributed by atoms with Gasteiger partial charge in [0.1, 0.15) is 5.60 Å². The van der Waals surface area contributed by atoms with Crippen molar-refractivity contribution in [2.45, 2.75) is 90.0 Å². The van der Waals surface area contributed by atoms with Crippen molar-refractivity contribution < 1.29 is 14.6 Å². The number of hydrogen-bond donors (Lipinski definition) is 3. The van der Waals surface area contributed by atoms with Crippen LogP contribution in [0.5, 0.6) is 0 Å². The zero-order valence-corrected chi connectivity index (χ0v) is 14.4. The van der Waals surface area contributed by atoms with Crippen molar-refractivity contribution in [1.29, 1.82) is 0 Å². The zero-order chi connectivity index (χ0) is 16.4. The second-order valence-electron chi connectivity index (χ2n) is 8.13. The summed E-state index contributed by atoms with van der Waals surface area (Å²) in [4.78, 5) is 11.8. The SMILES string of the molecule is CC(O)CCNC1CCC2(CC1)CC2NC(=O)OC(C)(C)C. The Kier molecular flexibility index (Phi) is 5.38. The monoisotopic (exact) mass is 312 g/mol. The summed E-state index contributed by atoms with van der Waals surface area (Å²) in [5.74, 6) is 0. The van der Waals surface area contributed by atoms with Crippen molar-refractivity contribution in [3.05, 3.63) is 0 Å². The van der Waals surface area contributed by atoms with Crippen LogP contribution in [0, 0.1) is 5.41 Å². The largest absolute Gasteiger partial charge is 0.444 e. The number of aliphatic hydroxyl groups excluding tert-OH is 1. The Balaban J connectivity index is 1.66. The molecule has 2 saturated carbocycles. The van der Waals surface area contributed by atoms with Crippen molar-refractivity contribution in [3.63, 3.8) is 0 Å². The Morgan fingerprint density at radius 2 is 2.00 bits per heavy atom. The molecule has 2 unspecified atom stereocenters. The molecule has 0 heterocycles. The lowest BCUT2D eigenvalue weighted by molar-refractivity contribution is 0.0512. The Hall–Kier alpha value is -0.810. The van der Waals surface area contributed by atoms with E-state index >= 15 is 0 Å². The Labute approximate surface area is 134 Å². The third kappa shape index (κ3) is 5.13. The molecule has 2 fully saturated rings. The Morgan fingerprint density at radius 3 is 2.55 bits per heavy atom. The third-order valence-electron chi connectivity index (χ3n) is 4.86. The number of carbonyl (C=O) groups is 1. The minimum Gasteiger partial charge on any atom is -0.444 e. The topological polar surface area (TPSA) is 70.6 Å². The quantitative estimate of drug-likeness (QED) is 0.730. The molecule has 1 amide bonds. The summed E-state index contributed by atoms with van der Waals surface area (Å²) in [6, 6.07) is 0.855. The van der Waals surface area contributed by atoms with Crippen molar-refractivity contribution >= 4 is 6.09 Å². The predicted octanol–water partition coefficient (Wildman–Crippen LogP) is 2.57. The molecule has 0 aromatic carbocycles. The molecule has 0 aliphatic heterocycles. The number of ether oxygens (including phenoxy) is 1. The highest BCUT2D eigenvalue weighted by atomic mass is 16.6. The Bertz CT molecular complexity index is 382. The highest BCUT2D eigenvalue weighted by Gasteiger charge is 2.55. The summed E-state index contributed by atoms with van der Waals surface area (Å²) in [6.07, 6.45) is 6.04. The molecule has 0 aromatic heterocycles. The van der Waals surface area contributed by atoms with Gasteiger partial charge in [0.25, 0.3) is 0 Å². The van der Waals surface area contributed by atoms with Gasteiger partial charge in [0.2, 0.25) is 0 Å². The van der Waals surface area contributed by atoms with E-state index in [9.17, 15) is 9.90 Å². The summed E-state index contributed by atoms with van der Waals surface area (Å²) in [7, 11) is 0. The molecule has 5 nitrogen and oxygen atoms in total. The molecule has 5 heteroatoms. The zero-order valence-electron chi connectivity index (χ0n) is 14.4. The van der Waals surface area contributed by atoms with Crippen molar-refractivity contribution in [3.8, 4) is 0 Å². The van der Waals surface area contributed by atoms with Crippen LogP contribution < -0.4 is 10.6 Å². The van der Waals surface area contributed by atoms with Crippen LogP contribution in [0.1, 0.15) is 66.2 Å². The molecular weight excluding hydrogens is 280 g/mol. The van der Waals surface area contributed by atoms with Gasteiger partial charge in [-0.25, -0.2) is 4.79 Å². The highest BCUT2D eigenvalue weighted by Crippen LogP contribution is 2.56. The molecular formula is C17H32N2O3. The molecule has 0 aromatic rings. The lowest BCUT2D eigenvalue weighted by atomic mass is 9.82. The van der Waals surface area contributed by atoms with Gasteiger partial charge in [0, 0.05) is 12.1 Å². The van der Waals surface area contributed by atoms with E-state index < -0.39 is 5.60 Å². The van der Waals surface area contributed by atoms with E-state index in [-0.39, 0.29) is 12.2 Å². The van der Waals surface area contributed by atoms with Gasteiger partial charge in [-0.15, -0.1) is 0 Å². The van der Waals surface area contributed by atoms with Crippen LogP contribution in [-0.4, -0.2) is 41.5 Å². The van der Waals surface area contributed by atoms with Crippen LogP contribution >= 0.6 is 0 Å². The second-order valence-corrected chi connectivity index (χ2v) is 8.13. The number of carbonyl (C=O) groups excluding carboxylic acids is 1. The average molecular weight is 312 g/mol. The molecule has 2 aliphatic carbocycles. The minimum absolute atomic E-state index is 0.228. The molecule has 2 rings (SSSR count). The van der Waals surface area contributed by atoms with Gasteiger partial charge < -0.3 is 20.5 Å². The van der Waals surface area contributed by atoms with Crippen LogP contribution in [0.15, 0.2) is 0 Å². The van der Waals surface area contributed by atoms with Crippen molar-refractivity contribution in [2.75, 3.05) is 6.54 Å². The van der Waals surface area contributed by atoms with E-state index in [2.05, 4.69) is 10.6 Å². The first kappa shape index (κ1) is 17.5. The lowest BCUT2D eigenvalue weighted by Crippen LogP contribution is -2.39. The van der Waals surface area contributed by atoms with Gasteiger partial charge in [-0.3, -0.25) is 0 Å². The number of amides is 1. The van der Waals surface area contributed by atoms with Gasteiger partial charge in [-0.2, -0.15) is 0 Å². The molecule has 22 heavy (non-hydrogen) atoms. The van der Waals surface area contributed by atoms with Crippen LogP contribution in [0.4, 0.5) is 4.79 Å². The maximum absolute atomic E-state index is 11.8. The Morgan fingerprint density at radius 1 is 1.36 bits per heavy atom. The molecule has 1 spiro atoms. The van der Waals surface area contributed by atoms with Gasteiger partial charge in [0.15, 0.2) is 0 Å². The first-order chi connectivity index (χ1) is 10.2. The molecule has 3 N–H and O–H groups in total. The normalized spacial score (nSPS) is 32.6. The summed E-state index contributed by atoms with van der Waals surface area (Å²) >= 11 is 0. The van der Waals surface area contributed by atoms with E-state index in [1.54, 1.807) is 0 Å². The van der Waals surface area contributed by atoms with Gasteiger partial charge in [-0.05, 0) is 78.2 Å². The fourth-order valence-electron chi connectivity index (χ4n) is 3.45. The van der Waals surface area contributed by atoms with E-state index in [0.29, 0.717) is 17.5 Å². The van der Waals surface area contributed by atoms with Gasteiger partial charge in [-0.1, -0.05) is 0 Å². The average Bonchev–Trinajstić information content (AvgIpc) is 3.01. The number of nitrogens with one attached hydrogen (secondary N) is 2. The van der Waals surface area contributed by atoms with Crippen LogP contribution in [0.25, 0.3) is 0 Å². The molecule has 128 valence electrons. The number of hydrogen-bond acceptors (Lipinski definition) is 4. The van der Waals surface area contributed by atoms with E-state index in [1.165, 1.54) is 12.8 Å². The number of rotatable bonds is 5. The smallest absolute Gasteiger partial charge is 0.407 e. The molecule has 0 bridgehead atoms. The second kappa shape index (κ2) is 6.75. The predicted molar refractivity (Wildman–Crippen MR) is 86.8 cm³/mol. The van der Waals surface area contributed by atoms with Crippen LogP contribution in [0.3, 0.4) is 0 Å². The van der Waals surface area contributed by atoms with Crippen molar-refractivity contribution in [2.24, 2.45) is 5.41 Å². The summed E-state index contributed by atoms with van der Waals surface area (Å²) in [5, 5.41) is 15.8. The summed E-state index contributed by atoms with van der Waals surface area (Å²) < 4.78 is 5.33. The van der Waals surface area contributed by atoms with Gasteiger partial charge in [0.05, 0.1) is 6.10 Å². The first-order valence-electron chi connectivity index (χ1n) is 8.61. The fraction of sp³-hybridized carbons (Fsp3) is 0.941. The van der Waals surface area contributed by atoms with Crippen LogP contribution in [0.2, 0.25) is 0 Å². The molecule has 0 saturated heterocycles. The number of aliphatic hydroxyl groups is 1. The van der Waals surface area contributed by atoms with Crippen LogP contribution in [-0.2, 0) is 4.74 Å². The number of alkyl carbamates (subject to hydrolysis) is 1. The summed E-state index contributed by atoms with van der Waals surface area (Å²) in [5.41, 5.74) is -0.114. The van der Waals surface area contributed by atoms with E-state index in [1.807, 2.05) is 27.7 Å². The third-order valence-corrected chi connectivity index (χ3v) is 4.86. The summed E-state index contributed by atoms with van der Waals surface area (Å²) in [6.45, 7) is 8.38. The maximum Gasteiger partial charge on any atom is 0.407 e. The minimum atomic E-state index is -0.433. The molecule has 2 aliphatic rings. The molecule has 2 atom stereocenters. The van der Waals surface area contributed by atoms with Crippen molar-refractivity contribution in [1.82, 2.24) is 10.6 Å². The standard InChI is InChI=1S/C17H32N2O3/c1-12(20)7-10-18-13-5-8-17(9-6-13)11-14(17)19-15(21)22-16(2,3)4/h12-14,18,20H,5-11H2,1-4H3,(H,19,21). The fourth-order valence-corrected chi connectivity index (χ4v) is 3.45. The maximum atomic E-state index is 11.8. The molecule has 0 radical (unpaired) electrons. The van der Waals surface area contributed by atoms with E-state index in [4.69, 9.17) is 4.74 Å². The van der Waals surface area contributed by atoms with Gasteiger partial charge >= 0.3 is 6.09 Å².